The molecular formula is C21H22ClN3O2S2. The number of nitrogens with one attached hydrogen (secondary N) is 1. The van der Waals surface area contributed by atoms with Gasteiger partial charge in [0.2, 0.25) is 5.43 Å². The summed E-state index contributed by atoms with van der Waals surface area (Å²) < 4.78 is 1.88. The second kappa shape index (κ2) is 8.92. The fraction of sp³-hybridized carbons (Fsp3) is 0.333. The number of rotatable bonds is 5. The molecule has 3 aromatic rings. The molecule has 152 valence electrons. The molecule has 1 amide bonds. The number of halogens is 1. The Hall–Kier alpha value is -1.80. The number of aromatic nitrogens is 1. The number of aryl methyl sites for hydroxylation is 1. The highest BCUT2D eigenvalue weighted by molar-refractivity contribution is 7.99. The number of hydrogen-bond donors (Lipinski definition) is 1. The summed E-state index contributed by atoms with van der Waals surface area (Å²) in [5, 5.41) is 4.11. The van der Waals surface area contributed by atoms with Gasteiger partial charge in [0.25, 0.3) is 5.91 Å². The van der Waals surface area contributed by atoms with Gasteiger partial charge in [-0.3, -0.25) is 14.5 Å². The normalized spacial score (nSPS) is 15.0. The number of carbonyl (C=O) groups is 1. The molecule has 0 radical (unpaired) electrons. The molecule has 4 rings (SSSR count). The SMILES string of the molecule is Cn1cc(C(=O)NCc2ccc(Cl)cc2)c(=O)c2cc(CN3CCSCC3)sc21. The van der Waals surface area contributed by atoms with Crippen LogP contribution < -0.4 is 10.7 Å². The number of carbonyl (C=O) groups excluding carboxylic acids is 1. The Morgan fingerprint density at radius 3 is 2.66 bits per heavy atom. The van der Waals surface area contributed by atoms with Crippen molar-refractivity contribution in [1.29, 1.82) is 0 Å². The largest absolute Gasteiger partial charge is 0.348 e. The van der Waals surface area contributed by atoms with Crippen LogP contribution in [0.3, 0.4) is 0 Å². The zero-order valence-electron chi connectivity index (χ0n) is 16.1. The van der Waals surface area contributed by atoms with Crippen LogP contribution in [0.15, 0.2) is 41.3 Å². The third kappa shape index (κ3) is 4.69. The second-order valence-corrected chi connectivity index (χ2v) is 9.89. The van der Waals surface area contributed by atoms with Crippen molar-refractivity contribution in [2.45, 2.75) is 13.1 Å². The smallest absolute Gasteiger partial charge is 0.257 e. The minimum Gasteiger partial charge on any atom is -0.348 e. The summed E-state index contributed by atoms with van der Waals surface area (Å²) in [6.07, 6.45) is 1.64. The topological polar surface area (TPSA) is 54.3 Å². The number of amides is 1. The van der Waals surface area contributed by atoms with Crippen LogP contribution >= 0.6 is 34.7 Å². The van der Waals surface area contributed by atoms with Gasteiger partial charge >= 0.3 is 0 Å². The minimum atomic E-state index is -0.358. The van der Waals surface area contributed by atoms with E-state index in [2.05, 4.69) is 10.2 Å². The first-order valence-electron chi connectivity index (χ1n) is 9.46. The Morgan fingerprint density at radius 1 is 1.21 bits per heavy atom. The fourth-order valence-corrected chi connectivity index (χ4v) is 5.65. The van der Waals surface area contributed by atoms with E-state index in [0.29, 0.717) is 17.0 Å². The van der Waals surface area contributed by atoms with Crippen molar-refractivity contribution < 1.29 is 4.79 Å². The van der Waals surface area contributed by atoms with Crippen LogP contribution in [0.1, 0.15) is 20.8 Å². The molecule has 0 saturated carbocycles. The maximum absolute atomic E-state index is 13.0. The Bertz CT molecular complexity index is 1090. The Labute approximate surface area is 182 Å². The minimum absolute atomic E-state index is 0.174. The summed E-state index contributed by atoms with van der Waals surface area (Å²) in [4.78, 5) is 30.1. The molecule has 1 fully saturated rings. The van der Waals surface area contributed by atoms with Crippen LogP contribution in [0.4, 0.5) is 0 Å². The highest BCUT2D eigenvalue weighted by atomic mass is 35.5. The molecule has 3 heterocycles. The molecular weight excluding hydrogens is 426 g/mol. The number of benzene rings is 1. The second-order valence-electron chi connectivity index (χ2n) is 7.11. The van der Waals surface area contributed by atoms with Crippen LogP contribution in [0.25, 0.3) is 10.2 Å². The Morgan fingerprint density at radius 2 is 1.93 bits per heavy atom. The van der Waals surface area contributed by atoms with Crippen LogP contribution in [0, 0.1) is 0 Å². The molecule has 0 unspecified atom stereocenters. The van der Waals surface area contributed by atoms with Crippen molar-refractivity contribution in [2.24, 2.45) is 7.05 Å². The number of nitrogens with zero attached hydrogens (tertiary/aromatic N) is 2. The summed E-state index contributed by atoms with van der Waals surface area (Å²) >= 11 is 9.51. The van der Waals surface area contributed by atoms with Gasteiger partial charge in [-0.2, -0.15) is 11.8 Å². The molecule has 2 aromatic heterocycles. The van der Waals surface area contributed by atoms with E-state index in [1.165, 1.54) is 4.88 Å². The van der Waals surface area contributed by atoms with Gasteiger partial charge in [0, 0.05) is 60.8 Å². The van der Waals surface area contributed by atoms with Gasteiger partial charge in [0.15, 0.2) is 0 Å². The lowest BCUT2D eigenvalue weighted by molar-refractivity contribution is 0.0949. The fourth-order valence-electron chi connectivity index (χ4n) is 3.41. The maximum atomic E-state index is 13.0. The van der Waals surface area contributed by atoms with E-state index in [1.807, 2.05) is 41.6 Å². The van der Waals surface area contributed by atoms with Gasteiger partial charge in [0.05, 0.1) is 5.39 Å². The average Bonchev–Trinajstić information content (AvgIpc) is 3.15. The van der Waals surface area contributed by atoms with Gasteiger partial charge < -0.3 is 9.88 Å². The zero-order chi connectivity index (χ0) is 20.4. The van der Waals surface area contributed by atoms with Gasteiger partial charge in [-0.25, -0.2) is 0 Å². The third-order valence-electron chi connectivity index (χ3n) is 4.99. The van der Waals surface area contributed by atoms with Gasteiger partial charge in [-0.15, -0.1) is 11.3 Å². The predicted octanol–water partition coefficient (Wildman–Crippen LogP) is 3.73. The highest BCUT2D eigenvalue weighted by Gasteiger charge is 2.18. The van der Waals surface area contributed by atoms with Crippen molar-refractivity contribution >= 4 is 50.8 Å². The molecule has 1 aliphatic heterocycles. The molecule has 1 aliphatic rings. The molecule has 0 spiro atoms. The molecule has 0 bridgehead atoms. The zero-order valence-corrected chi connectivity index (χ0v) is 18.5. The van der Waals surface area contributed by atoms with E-state index < -0.39 is 0 Å². The standard InChI is InChI=1S/C21H22ClN3O2S2/c1-24-13-18(20(27)23-11-14-2-4-15(22)5-3-14)19(26)17-10-16(29-21(17)24)12-25-6-8-28-9-7-25/h2-5,10,13H,6-9,11-12H2,1H3,(H,23,27). The average molecular weight is 448 g/mol. The lowest BCUT2D eigenvalue weighted by Gasteiger charge is -2.25. The van der Waals surface area contributed by atoms with E-state index in [1.54, 1.807) is 29.7 Å². The summed E-state index contributed by atoms with van der Waals surface area (Å²) in [5.74, 6) is 1.95. The summed E-state index contributed by atoms with van der Waals surface area (Å²) in [6.45, 7) is 3.36. The Balaban J connectivity index is 1.54. The van der Waals surface area contributed by atoms with Crippen LogP contribution in [0.2, 0.25) is 5.02 Å². The number of thioether (sulfide) groups is 1. The lowest BCUT2D eigenvalue weighted by atomic mass is 10.2. The quantitative estimate of drug-likeness (QED) is 0.647. The number of fused-ring (bicyclic) bond motifs is 1. The summed E-state index contributed by atoms with van der Waals surface area (Å²) in [5.41, 5.74) is 0.897. The van der Waals surface area contributed by atoms with Crippen molar-refractivity contribution in [3.63, 3.8) is 0 Å². The predicted molar refractivity (Wildman–Crippen MR) is 122 cm³/mol. The molecule has 1 N–H and O–H groups in total. The third-order valence-corrected chi connectivity index (χ3v) is 7.39. The van der Waals surface area contributed by atoms with Crippen LogP contribution in [-0.4, -0.2) is 40.0 Å². The maximum Gasteiger partial charge on any atom is 0.257 e. The molecule has 0 atom stereocenters. The monoisotopic (exact) mass is 447 g/mol. The lowest BCUT2D eigenvalue weighted by Crippen LogP contribution is -2.31. The van der Waals surface area contributed by atoms with Crippen molar-refractivity contribution in [3.05, 3.63) is 67.8 Å². The van der Waals surface area contributed by atoms with E-state index in [4.69, 9.17) is 11.6 Å². The van der Waals surface area contributed by atoms with Crippen LogP contribution in [-0.2, 0) is 20.1 Å². The molecule has 1 saturated heterocycles. The van der Waals surface area contributed by atoms with Crippen molar-refractivity contribution in [2.75, 3.05) is 24.6 Å². The summed E-state index contributed by atoms with van der Waals surface area (Å²) in [6, 6.07) is 9.23. The molecule has 0 aliphatic carbocycles. The van der Waals surface area contributed by atoms with Gasteiger partial charge in [-0.1, -0.05) is 23.7 Å². The van der Waals surface area contributed by atoms with E-state index in [9.17, 15) is 9.59 Å². The van der Waals surface area contributed by atoms with Gasteiger partial charge in [-0.05, 0) is 23.8 Å². The first-order valence-corrected chi connectivity index (χ1v) is 11.8. The van der Waals surface area contributed by atoms with E-state index in [0.717, 1.165) is 41.5 Å². The Kier molecular flexibility index (Phi) is 6.29. The summed E-state index contributed by atoms with van der Waals surface area (Å²) in [7, 11) is 1.88. The van der Waals surface area contributed by atoms with E-state index in [-0.39, 0.29) is 16.9 Å². The first kappa shape index (κ1) is 20.5. The van der Waals surface area contributed by atoms with Crippen molar-refractivity contribution in [1.82, 2.24) is 14.8 Å². The van der Waals surface area contributed by atoms with Crippen molar-refractivity contribution in [3.8, 4) is 0 Å². The van der Waals surface area contributed by atoms with Crippen LogP contribution in [0.5, 0.6) is 0 Å². The molecule has 8 heteroatoms. The molecule has 1 aromatic carbocycles. The van der Waals surface area contributed by atoms with Gasteiger partial charge in [0.1, 0.15) is 10.4 Å². The number of hydrogen-bond acceptors (Lipinski definition) is 5. The highest BCUT2D eigenvalue weighted by Crippen LogP contribution is 2.25. The first-order chi connectivity index (χ1) is 14.0. The van der Waals surface area contributed by atoms with E-state index >= 15 is 0 Å². The molecule has 5 nitrogen and oxygen atoms in total. The molecule has 29 heavy (non-hydrogen) atoms. The number of pyridine rings is 1. The number of thiophene rings is 1.